The maximum Gasteiger partial charge on any atom is 0.309 e. The predicted molar refractivity (Wildman–Crippen MR) is 92.0 cm³/mol. The number of aromatic nitrogens is 4. The Balaban J connectivity index is 1.55. The second kappa shape index (κ2) is 7.81. The number of ether oxygens (including phenoxy) is 1. The van der Waals surface area contributed by atoms with Crippen LogP contribution in [0.5, 0.6) is 0 Å². The molecular weight excluding hydrogens is 342 g/mol. The second-order valence-electron chi connectivity index (χ2n) is 5.87. The number of carbonyl (C=O) groups excluding carboxylic acids is 2. The summed E-state index contributed by atoms with van der Waals surface area (Å²) in [6.45, 7) is 5.20. The molecule has 0 radical (unpaired) electrons. The van der Waals surface area contributed by atoms with Gasteiger partial charge in [-0.2, -0.15) is 4.98 Å². The number of thioether (sulfide) groups is 1. The molecule has 2 aromatic rings. The molecule has 0 saturated carbocycles. The lowest BCUT2D eigenvalue weighted by Crippen LogP contribution is -2.43. The zero-order chi connectivity index (χ0) is 17.8. The van der Waals surface area contributed by atoms with Gasteiger partial charge >= 0.3 is 5.97 Å². The molecule has 0 N–H and O–H groups in total. The minimum absolute atomic E-state index is 0.0409. The van der Waals surface area contributed by atoms with E-state index in [1.165, 1.54) is 11.8 Å². The van der Waals surface area contributed by atoms with Gasteiger partial charge in [0.15, 0.2) is 0 Å². The molecule has 1 atom stereocenters. The van der Waals surface area contributed by atoms with E-state index in [1.54, 1.807) is 34.8 Å². The van der Waals surface area contributed by atoms with E-state index >= 15 is 0 Å². The summed E-state index contributed by atoms with van der Waals surface area (Å²) >= 11 is 1.32. The lowest BCUT2D eigenvalue weighted by Gasteiger charge is -2.32. The minimum atomic E-state index is -0.295. The van der Waals surface area contributed by atoms with Gasteiger partial charge in [-0.3, -0.25) is 9.59 Å². The number of hydrogen-bond acceptors (Lipinski definition) is 7. The number of rotatable bonds is 5. The van der Waals surface area contributed by atoms with Gasteiger partial charge in [-0.05, 0) is 32.8 Å². The van der Waals surface area contributed by atoms with Crippen molar-refractivity contribution in [1.82, 2.24) is 24.5 Å². The Hall–Kier alpha value is -2.16. The van der Waals surface area contributed by atoms with Crippen molar-refractivity contribution in [2.75, 3.05) is 19.7 Å². The number of fused-ring (bicyclic) bond motifs is 1. The van der Waals surface area contributed by atoms with Crippen LogP contribution in [0.15, 0.2) is 23.6 Å². The van der Waals surface area contributed by atoms with Crippen molar-refractivity contribution in [3.63, 3.8) is 0 Å². The number of piperidine rings is 1. The van der Waals surface area contributed by atoms with Gasteiger partial charge in [0.25, 0.3) is 5.78 Å². The second-order valence-corrected chi connectivity index (χ2v) is 7.18. The monoisotopic (exact) mass is 363 g/mol. The van der Waals surface area contributed by atoms with Crippen molar-refractivity contribution in [2.24, 2.45) is 5.92 Å². The standard InChI is InChI=1S/C16H21N5O3S/c1-3-24-14(23)12-5-9-20(10-6-12)13(22)11(2)25-16-18-15-17-7-4-8-21(15)19-16/h4,7-8,11-12H,3,5-6,9-10H2,1-2H3/t11-/m0/s1. The smallest absolute Gasteiger partial charge is 0.309 e. The number of likely N-dealkylation sites (tertiary alicyclic amines) is 1. The van der Waals surface area contributed by atoms with Crippen LogP contribution in [0.1, 0.15) is 26.7 Å². The third kappa shape index (κ3) is 4.09. The molecule has 9 heteroatoms. The van der Waals surface area contributed by atoms with E-state index in [2.05, 4.69) is 15.1 Å². The lowest BCUT2D eigenvalue weighted by molar-refractivity contribution is -0.151. The largest absolute Gasteiger partial charge is 0.466 e. The third-order valence-corrected chi connectivity index (χ3v) is 5.09. The first-order chi connectivity index (χ1) is 12.1. The van der Waals surface area contributed by atoms with Gasteiger partial charge in [0.05, 0.1) is 17.8 Å². The van der Waals surface area contributed by atoms with Crippen LogP contribution in [-0.2, 0) is 14.3 Å². The highest BCUT2D eigenvalue weighted by Crippen LogP contribution is 2.25. The summed E-state index contributed by atoms with van der Waals surface area (Å²) in [6, 6.07) is 1.78. The van der Waals surface area contributed by atoms with E-state index in [9.17, 15) is 9.59 Å². The fourth-order valence-electron chi connectivity index (χ4n) is 2.82. The molecule has 2 aromatic heterocycles. The molecule has 25 heavy (non-hydrogen) atoms. The summed E-state index contributed by atoms with van der Waals surface area (Å²) < 4.78 is 6.65. The Morgan fingerprint density at radius 3 is 2.84 bits per heavy atom. The van der Waals surface area contributed by atoms with E-state index in [4.69, 9.17) is 4.74 Å². The topological polar surface area (TPSA) is 89.7 Å². The molecule has 8 nitrogen and oxygen atoms in total. The van der Waals surface area contributed by atoms with Crippen LogP contribution in [0, 0.1) is 5.92 Å². The van der Waals surface area contributed by atoms with Gasteiger partial charge in [0, 0.05) is 25.5 Å². The minimum Gasteiger partial charge on any atom is -0.466 e. The molecule has 0 bridgehead atoms. The molecule has 1 aliphatic rings. The van der Waals surface area contributed by atoms with E-state index in [1.807, 2.05) is 6.92 Å². The molecule has 1 fully saturated rings. The van der Waals surface area contributed by atoms with Crippen molar-refractivity contribution in [1.29, 1.82) is 0 Å². The average molecular weight is 363 g/mol. The van der Waals surface area contributed by atoms with Gasteiger partial charge in [-0.15, -0.1) is 5.10 Å². The Labute approximate surface area is 150 Å². The van der Waals surface area contributed by atoms with Crippen molar-refractivity contribution in [3.05, 3.63) is 18.5 Å². The summed E-state index contributed by atoms with van der Waals surface area (Å²) in [6.07, 6.45) is 4.73. The van der Waals surface area contributed by atoms with Gasteiger partial charge < -0.3 is 9.64 Å². The summed E-state index contributed by atoms with van der Waals surface area (Å²) in [4.78, 5) is 34.6. The summed E-state index contributed by atoms with van der Waals surface area (Å²) in [5.74, 6) is 0.301. The van der Waals surface area contributed by atoms with Crippen LogP contribution in [-0.4, -0.2) is 61.3 Å². The van der Waals surface area contributed by atoms with E-state index in [0.29, 0.717) is 43.5 Å². The Morgan fingerprint density at radius 2 is 2.16 bits per heavy atom. The van der Waals surface area contributed by atoms with Crippen LogP contribution < -0.4 is 0 Å². The first kappa shape index (κ1) is 17.7. The number of carbonyl (C=O) groups is 2. The van der Waals surface area contributed by atoms with Crippen LogP contribution in [0.25, 0.3) is 5.78 Å². The molecule has 3 heterocycles. The average Bonchev–Trinajstić information content (AvgIpc) is 3.03. The Kier molecular flexibility index (Phi) is 5.52. The quantitative estimate of drug-likeness (QED) is 0.586. The molecule has 1 aliphatic heterocycles. The highest BCUT2D eigenvalue weighted by atomic mass is 32.2. The van der Waals surface area contributed by atoms with Crippen molar-refractivity contribution < 1.29 is 14.3 Å². The van der Waals surface area contributed by atoms with E-state index < -0.39 is 0 Å². The number of nitrogens with zero attached hydrogens (tertiary/aromatic N) is 5. The fourth-order valence-corrected chi connectivity index (χ4v) is 3.66. The normalized spacial score (nSPS) is 16.8. The van der Waals surface area contributed by atoms with Gasteiger partial charge in [0.1, 0.15) is 0 Å². The van der Waals surface area contributed by atoms with Crippen LogP contribution >= 0.6 is 11.8 Å². The van der Waals surface area contributed by atoms with Crippen molar-refractivity contribution >= 4 is 29.4 Å². The maximum atomic E-state index is 12.6. The van der Waals surface area contributed by atoms with Crippen LogP contribution in [0.3, 0.4) is 0 Å². The first-order valence-electron chi connectivity index (χ1n) is 8.38. The maximum absolute atomic E-state index is 12.6. The van der Waals surface area contributed by atoms with E-state index in [-0.39, 0.29) is 23.0 Å². The Morgan fingerprint density at radius 1 is 1.40 bits per heavy atom. The van der Waals surface area contributed by atoms with Crippen molar-refractivity contribution in [3.8, 4) is 0 Å². The summed E-state index contributed by atoms with van der Waals surface area (Å²) in [7, 11) is 0. The molecule has 0 unspecified atom stereocenters. The van der Waals surface area contributed by atoms with E-state index in [0.717, 1.165) is 0 Å². The molecule has 0 aliphatic carbocycles. The van der Waals surface area contributed by atoms with Crippen LogP contribution in [0.4, 0.5) is 0 Å². The molecular formula is C16H21N5O3S. The fraction of sp³-hybridized carbons (Fsp3) is 0.562. The summed E-state index contributed by atoms with van der Waals surface area (Å²) in [5, 5.41) is 4.54. The molecule has 3 rings (SSSR count). The van der Waals surface area contributed by atoms with Crippen LogP contribution in [0.2, 0.25) is 0 Å². The van der Waals surface area contributed by atoms with Crippen molar-refractivity contribution in [2.45, 2.75) is 37.1 Å². The highest BCUT2D eigenvalue weighted by molar-refractivity contribution is 8.00. The lowest BCUT2D eigenvalue weighted by atomic mass is 9.97. The molecule has 1 saturated heterocycles. The number of hydrogen-bond donors (Lipinski definition) is 0. The number of amides is 1. The zero-order valence-corrected chi connectivity index (χ0v) is 15.1. The SMILES string of the molecule is CCOC(=O)C1CCN(C(=O)[C@H](C)Sc2nc3ncccn3n2)CC1. The Bertz CT molecular complexity index is 724. The predicted octanol–water partition coefficient (Wildman–Crippen LogP) is 1.41. The molecule has 134 valence electrons. The molecule has 0 spiro atoms. The number of esters is 1. The van der Waals surface area contributed by atoms with Gasteiger partial charge in [0.2, 0.25) is 11.1 Å². The molecule has 1 amide bonds. The van der Waals surface area contributed by atoms with Gasteiger partial charge in [-0.25, -0.2) is 9.50 Å². The highest BCUT2D eigenvalue weighted by Gasteiger charge is 2.30. The molecule has 0 aromatic carbocycles. The third-order valence-electron chi connectivity index (χ3n) is 4.15. The van der Waals surface area contributed by atoms with Gasteiger partial charge in [-0.1, -0.05) is 11.8 Å². The first-order valence-corrected chi connectivity index (χ1v) is 9.26. The zero-order valence-electron chi connectivity index (χ0n) is 14.3. The summed E-state index contributed by atoms with van der Waals surface area (Å²) in [5.41, 5.74) is 0.